The maximum Gasteiger partial charge on any atom is 0.360 e. The highest BCUT2D eigenvalue weighted by Crippen LogP contribution is 2.25. The minimum atomic E-state index is -0.488. The number of oxazole rings is 1. The van der Waals surface area contributed by atoms with Crippen molar-refractivity contribution in [2.75, 3.05) is 7.11 Å². The van der Waals surface area contributed by atoms with Gasteiger partial charge >= 0.3 is 5.97 Å². The SMILES string of the molecule is COC(=O)c1nc(C)oc1-c1ccc(C)cc1. The first-order valence-corrected chi connectivity index (χ1v) is 5.24. The third-order valence-corrected chi connectivity index (χ3v) is 2.43. The van der Waals surface area contributed by atoms with Crippen LogP contribution in [0.4, 0.5) is 0 Å². The minimum Gasteiger partial charge on any atom is -0.464 e. The van der Waals surface area contributed by atoms with Gasteiger partial charge in [0.1, 0.15) is 0 Å². The molecule has 1 aromatic carbocycles. The molecule has 0 saturated carbocycles. The summed E-state index contributed by atoms with van der Waals surface area (Å²) in [6.07, 6.45) is 0. The van der Waals surface area contributed by atoms with E-state index >= 15 is 0 Å². The van der Waals surface area contributed by atoms with Gasteiger partial charge in [-0.3, -0.25) is 0 Å². The van der Waals surface area contributed by atoms with Crippen LogP contribution in [0, 0.1) is 13.8 Å². The molecule has 17 heavy (non-hydrogen) atoms. The third-order valence-electron chi connectivity index (χ3n) is 2.43. The number of aromatic nitrogens is 1. The van der Waals surface area contributed by atoms with Crippen LogP contribution in [0.5, 0.6) is 0 Å². The Morgan fingerprint density at radius 1 is 1.24 bits per heavy atom. The van der Waals surface area contributed by atoms with Crippen molar-refractivity contribution in [3.05, 3.63) is 41.4 Å². The molecule has 0 aliphatic carbocycles. The number of nitrogens with zero attached hydrogens (tertiary/aromatic N) is 1. The van der Waals surface area contributed by atoms with E-state index in [1.165, 1.54) is 7.11 Å². The molecule has 0 unspecified atom stereocenters. The fraction of sp³-hybridized carbons (Fsp3) is 0.231. The van der Waals surface area contributed by atoms with Gasteiger partial charge in [0.05, 0.1) is 7.11 Å². The highest BCUT2D eigenvalue weighted by atomic mass is 16.5. The van der Waals surface area contributed by atoms with Gasteiger partial charge in [-0.2, -0.15) is 0 Å². The summed E-state index contributed by atoms with van der Waals surface area (Å²) in [6, 6.07) is 7.69. The first kappa shape index (κ1) is 11.4. The number of carbonyl (C=O) groups excluding carboxylic acids is 1. The molecule has 4 nitrogen and oxygen atoms in total. The van der Waals surface area contributed by atoms with Crippen molar-refractivity contribution < 1.29 is 13.9 Å². The predicted octanol–water partition coefficient (Wildman–Crippen LogP) is 2.75. The lowest BCUT2D eigenvalue weighted by molar-refractivity contribution is 0.0595. The van der Waals surface area contributed by atoms with Gasteiger partial charge in [0.25, 0.3) is 0 Å². The van der Waals surface area contributed by atoms with E-state index in [-0.39, 0.29) is 5.69 Å². The van der Waals surface area contributed by atoms with E-state index in [2.05, 4.69) is 9.72 Å². The van der Waals surface area contributed by atoms with Gasteiger partial charge in [-0.25, -0.2) is 9.78 Å². The van der Waals surface area contributed by atoms with Gasteiger partial charge in [-0.05, 0) is 6.92 Å². The van der Waals surface area contributed by atoms with E-state index in [1.54, 1.807) is 6.92 Å². The fourth-order valence-electron chi connectivity index (χ4n) is 1.56. The summed E-state index contributed by atoms with van der Waals surface area (Å²) in [7, 11) is 1.32. The Hall–Kier alpha value is -2.10. The minimum absolute atomic E-state index is 0.217. The number of hydrogen-bond donors (Lipinski definition) is 0. The van der Waals surface area contributed by atoms with Crippen LogP contribution in [-0.4, -0.2) is 18.1 Å². The molecule has 0 aliphatic heterocycles. The van der Waals surface area contributed by atoms with E-state index in [0.717, 1.165) is 11.1 Å². The van der Waals surface area contributed by atoms with Crippen molar-refractivity contribution >= 4 is 5.97 Å². The molecule has 0 bridgehead atoms. The number of esters is 1. The van der Waals surface area contributed by atoms with Crippen LogP contribution in [-0.2, 0) is 4.74 Å². The fourth-order valence-corrected chi connectivity index (χ4v) is 1.56. The summed E-state index contributed by atoms with van der Waals surface area (Å²) in [5, 5.41) is 0. The normalized spacial score (nSPS) is 10.3. The second-order valence-corrected chi connectivity index (χ2v) is 3.77. The maximum atomic E-state index is 11.5. The number of carbonyl (C=O) groups is 1. The Kier molecular flexibility index (Phi) is 2.95. The number of aryl methyl sites for hydroxylation is 2. The number of hydrogen-bond acceptors (Lipinski definition) is 4. The van der Waals surface area contributed by atoms with Gasteiger partial charge in [-0.15, -0.1) is 0 Å². The first-order valence-electron chi connectivity index (χ1n) is 5.24. The molecule has 88 valence electrons. The topological polar surface area (TPSA) is 52.3 Å². The Bertz CT molecular complexity index is 540. The lowest BCUT2D eigenvalue weighted by Crippen LogP contribution is -2.03. The van der Waals surface area contributed by atoms with Gasteiger partial charge in [0.15, 0.2) is 17.3 Å². The molecule has 0 aliphatic rings. The molecule has 0 atom stereocenters. The Morgan fingerprint density at radius 2 is 1.88 bits per heavy atom. The largest absolute Gasteiger partial charge is 0.464 e. The Labute approximate surface area is 99.2 Å². The smallest absolute Gasteiger partial charge is 0.360 e. The number of rotatable bonds is 2. The van der Waals surface area contributed by atoms with Crippen LogP contribution in [0.15, 0.2) is 28.7 Å². The van der Waals surface area contributed by atoms with E-state index in [1.807, 2.05) is 31.2 Å². The van der Waals surface area contributed by atoms with Crippen LogP contribution in [0.25, 0.3) is 11.3 Å². The van der Waals surface area contributed by atoms with Gasteiger partial charge < -0.3 is 9.15 Å². The van der Waals surface area contributed by atoms with E-state index < -0.39 is 5.97 Å². The lowest BCUT2D eigenvalue weighted by atomic mass is 10.1. The molecular formula is C13H13NO3. The predicted molar refractivity (Wildman–Crippen MR) is 62.8 cm³/mol. The molecule has 2 aromatic rings. The molecule has 1 aromatic heterocycles. The van der Waals surface area contributed by atoms with Crippen LogP contribution in [0.3, 0.4) is 0 Å². The molecule has 0 saturated heterocycles. The van der Waals surface area contributed by atoms with E-state index in [9.17, 15) is 4.79 Å². The van der Waals surface area contributed by atoms with Crippen molar-refractivity contribution in [2.45, 2.75) is 13.8 Å². The Balaban J connectivity index is 2.51. The zero-order valence-electron chi connectivity index (χ0n) is 9.98. The summed E-state index contributed by atoms with van der Waals surface area (Å²) in [4.78, 5) is 15.6. The van der Waals surface area contributed by atoms with Gasteiger partial charge in [0.2, 0.25) is 0 Å². The quantitative estimate of drug-likeness (QED) is 0.746. The summed E-state index contributed by atoms with van der Waals surface area (Å²) in [6.45, 7) is 3.70. The van der Waals surface area contributed by atoms with Crippen LogP contribution >= 0.6 is 0 Å². The van der Waals surface area contributed by atoms with Gasteiger partial charge in [0, 0.05) is 12.5 Å². The standard InChI is InChI=1S/C13H13NO3/c1-8-4-6-10(7-5-8)12-11(13(15)16-3)14-9(2)17-12/h4-7H,1-3H3. The molecular weight excluding hydrogens is 218 g/mol. The molecule has 2 rings (SSSR count). The Morgan fingerprint density at radius 3 is 2.47 bits per heavy atom. The van der Waals surface area contributed by atoms with Crippen molar-refractivity contribution in [1.82, 2.24) is 4.98 Å². The van der Waals surface area contributed by atoms with Crippen molar-refractivity contribution in [3.8, 4) is 11.3 Å². The first-order chi connectivity index (χ1) is 8.11. The number of ether oxygens (including phenoxy) is 1. The summed E-state index contributed by atoms with van der Waals surface area (Å²) < 4.78 is 10.1. The average Bonchev–Trinajstić information content (AvgIpc) is 2.71. The molecule has 0 spiro atoms. The second kappa shape index (κ2) is 4.41. The molecule has 1 heterocycles. The van der Waals surface area contributed by atoms with Crippen molar-refractivity contribution in [3.63, 3.8) is 0 Å². The second-order valence-electron chi connectivity index (χ2n) is 3.77. The van der Waals surface area contributed by atoms with E-state index in [0.29, 0.717) is 11.7 Å². The third kappa shape index (κ3) is 2.20. The van der Waals surface area contributed by atoms with Crippen molar-refractivity contribution in [2.24, 2.45) is 0 Å². The summed E-state index contributed by atoms with van der Waals surface area (Å²) >= 11 is 0. The van der Waals surface area contributed by atoms with Crippen LogP contribution in [0.1, 0.15) is 21.9 Å². The average molecular weight is 231 g/mol. The number of methoxy groups -OCH3 is 1. The zero-order valence-corrected chi connectivity index (χ0v) is 9.98. The summed E-state index contributed by atoms with van der Waals surface area (Å²) in [5.41, 5.74) is 2.18. The zero-order chi connectivity index (χ0) is 12.4. The highest BCUT2D eigenvalue weighted by molar-refractivity contribution is 5.93. The molecule has 0 radical (unpaired) electrons. The molecule has 0 amide bonds. The van der Waals surface area contributed by atoms with Crippen molar-refractivity contribution in [1.29, 1.82) is 0 Å². The van der Waals surface area contributed by atoms with E-state index in [4.69, 9.17) is 4.42 Å². The highest BCUT2D eigenvalue weighted by Gasteiger charge is 2.20. The molecule has 4 heteroatoms. The number of benzene rings is 1. The van der Waals surface area contributed by atoms with Gasteiger partial charge in [-0.1, -0.05) is 29.8 Å². The maximum absolute atomic E-state index is 11.5. The molecule has 0 N–H and O–H groups in total. The lowest BCUT2D eigenvalue weighted by Gasteiger charge is -2.00. The monoisotopic (exact) mass is 231 g/mol. The summed E-state index contributed by atoms with van der Waals surface area (Å²) in [5.74, 6) is 0.410. The van der Waals surface area contributed by atoms with Crippen LogP contribution < -0.4 is 0 Å². The van der Waals surface area contributed by atoms with Crippen LogP contribution in [0.2, 0.25) is 0 Å². The molecule has 0 fully saturated rings.